The Labute approximate surface area is 230 Å². The van der Waals surface area contributed by atoms with E-state index >= 15 is 4.39 Å². The van der Waals surface area contributed by atoms with Gasteiger partial charge in [-0.2, -0.15) is 0 Å². The average molecular weight is 554 g/mol. The molecule has 2 amide bonds. The van der Waals surface area contributed by atoms with E-state index in [0.29, 0.717) is 42.4 Å². The molecule has 2 fully saturated rings. The predicted molar refractivity (Wildman–Crippen MR) is 144 cm³/mol. The Balaban J connectivity index is 1.61. The Morgan fingerprint density at radius 2 is 1.92 bits per heavy atom. The number of piperidine rings is 1. The van der Waals surface area contributed by atoms with Gasteiger partial charge in [-0.1, -0.05) is 53.5 Å². The molecule has 0 aliphatic carbocycles. The molecule has 3 aliphatic rings. The predicted octanol–water partition coefficient (Wildman–Crippen LogP) is 5.48. The lowest BCUT2D eigenvalue weighted by Crippen LogP contribution is -2.52. The minimum Gasteiger partial charge on any atom is -0.494 e. The van der Waals surface area contributed by atoms with Crippen molar-refractivity contribution in [2.45, 2.75) is 37.4 Å². The fraction of sp³-hybridized carbons (Fsp3) is 0.310. The molecule has 3 heterocycles. The van der Waals surface area contributed by atoms with Crippen LogP contribution in [-0.2, 0) is 21.7 Å². The van der Waals surface area contributed by atoms with Crippen molar-refractivity contribution in [1.82, 2.24) is 10.2 Å². The maximum absolute atomic E-state index is 15.8. The fourth-order valence-electron chi connectivity index (χ4n) is 6.64. The highest BCUT2D eigenvalue weighted by atomic mass is 35.5. The van der Waals surface area contributed by atoms with Crippen LogP contribution in [0.4, 0.5) is 10.1 Å². The molecular formula is C29H26Cl2FN3O3. The van der Waals surface area contributed by atoms with Gasteiger partial charge in [0.25, 0.3) is 0 Å². The third kappa shape index (κ3) is 3.71. The lowest BCUT2D eigenvalue weighted by Gasteiger charge is -2.40. The van der Waals surface area contributed by atoms with Crippen LogP contribution in [0, 0.1) is 11.7 Å². The smallest absolute Gasteiger partial charge is 0.250 e. The van der Waals surface area contributed by atoms with Crippen molar-refractivity contribution in [3.63, 3.8) is 0 Å². The summed E-state index contributed by atoms with van der Waals surface area (Å²) in [5.74, 6) is -1.93. The van der Waals surface area contributed by atoms with Crippen LogP contribution in [0.3, 0.4) is 0 Å². The number of ether oxygens (including phenoxy) is 1. The minimum atomic E-state index is -1.37. The molecule has 0 aromatic heterocycles. The number of amides is 2. The van der Waals surface area contributed by atoms with Crippen LogP contribution in [0.25, 0.3) is 0 Å². The Bertz CT molecular complexity index is 1450. The summed E-state index contributed by atoms with van der Waals surface area (Å²) < 4.78 is 21.5. The molecule has 2 N–H and O–H groups in total. The number of likely N-dealkylation sites (tertiary alicyclic amines) is 1. The number of rotatable bonds is 5. The van der Waals surface area contributed by atoms with Gasteiger partial charge in [0.15, 0.2) is 0 Å². The Morgan fingerprint density at radius 3 is 2.74 bits per heavy atom. The van der Waals surface area contributed by atoms with Crippen molar-refractivity contribution in [2.75, 3.05) is 18.5 Å². The van der Waals surface area contributed by atoms with E-state index in [1.807, 2.05) is 37.3 Å². The van der Waals surface area contributed by atoms with Gasteiger partial charge in [0.2, 0.25) is 11.8 Å². The van der Waals surface area contributed by atoms with E-state index in [1.54, 1.807) is 24.3 Å². The second-order valence-electron chi connectivity index (χ2n) is 9.91. The van der Waals surface area contributed by atoms with Crippen LogP contribution in [-0.4, -0.2) is 35.9 Å². The highest BCUT2D eigenvalue weighted by molar-refractivity contribution is 6.31. The molecule has 3 aromatic rings. The van der Waals surface area contributed by atoms with E-state index < -0.39 is 23.2 Å². The number of hydrogen-bond acceptors (Lipinski definition) is 4. The standard InChI is InChI=1S/C29H26Cl2FN3O3/c1-2-38-18-6-3-5-16(13-18)15-35-23-11-12-33-27(36)24(23)25(19-7-4-8-21(31)26(19)32)29(35)20-10-9-17(30)14-22(20)34-28(29)37/h3-10,13-14,23-25H,2,11-12,15H2,1H3,(H,33,36)(H,34,37)/t23-,24+,25-,29+/m0/s1. The SMILES string of the molecule is CCOc1cccc(CN2[C@H]3CCNC(=O)[C@H]3[C@H](c3cccc(Cl)c3F)[C@]23C(=O)Nc2cc(Cl)ccc23)c1. The molecule has 0 saturated carbocycles. The summed E-state index contributed by atoms with van der Waals surface area (Å²) >= 11 is 12.6. The number of benzene rings is 3. The van der Waals surface area contributed by atoms with Crippen LogP contribution >= 0.6 is 23.2 Å². The summed E-state index contributed by atoms with van der Waals surface area (Å²) in [6, 6.07) is 17.4. The topological polar surface area (TPSA) is 70.7 Å². The summed E-state index contributed by atoms with van der Waals surface area (Å²) in [7, 11) is 0. The van der Waals surface area contributed by atoms with E-state index in [9.17, 15) is 9.59 Å². The Morgan fingerprint density at radius 1 is 1.11 bits per heavy atom. The number of anilines is 1. The van der Waals surface area contributed by atoms with Crippen LogP contribution in [0.5, 0.6) is 5.75 Å². The average Bonchev–Trinajstić information content (AvgIpc) is 3.34. The van der Waals surface area contributed by atoms with Gasteiger partial charge < -0.3 is 15.4 Å². The zero-order valence-corrected chi connectivity index (χ0v) is 22.2. The summed E-state index contributed by atoms with van der Waals surface area (Å²) in [6.07, 6.45) is 0.609. The zero-order valence-electron chi connectivity index (χ0n) is 20.6. The van der Waals surface area contributed by atoms with E-state index in [4.69, 9.17) is 27.9 Å². The van der Waals surface area contributed by atoms with Crippen LogP contribution in [0.1, 0.15) is 36.0 Å². The van der Waals surface area contributed by atoms with Gasteiger partial charge in [0.1, 0.15) is 17.1 Å². The molecule has 0 unspecified atom stereocenters. The fourth-order valence-corrected chi connectivity index (χ4v) is 7.00. The van der Waals surface area contributed by atoms with Crippen molar-refractivity contribution < 1.29 is 18.7 Å². The number of hydrogen-bond donors (Lipinski definition) is 2. The molecule has 6 rings (SSSR count). The van der Waals surface area contributed by atoms with Gasteiger partial charge in [0.05, 0.1) is 17.5 Å². The number of carbonyl (C=O) groups is 2. The van der Waals surface area contributed by atoms with Gasteiger partial charge in [-0.25, -0.2) is 4.39 Å². The molecule has 9 heteroatoms. The first-order chi connectivity index (χ1) is 18.4. The van der Waals surface area contributed by atoms with Gasteiger partial charge in [-0.05, 0) is 54.8 Å². The normalized spacial score (nSPS) is 26.2. The second kappa shape index (κ2) is 9.56. The largest absolute Gasteiger partial charge is 0.494 e. The summed E-state index contributed by atoms with van der Waals surface area (Å²) in [4.78, 5) is 29.9. The van der Waals surface area contributed by atoms with Gasteiger partial charge in [-0.15, -0.1) is 0 Å². The first-order valence-corrected chi connectivity index (χ1v) is 13.4. The molecule has 3 aromatic carbocycles. The van der Waals surface area contributed by atoms with E-state index in [-0.39, 0.29) is 28.4 Å². The molecule has 1 spiro atoms. The van der Waals surface area contributed by atoms with E-state index in [2.05, 4.69) is 15.5 Å². The van der Waals surface area contributed by atoms with Crippen LogP contribution in [0.15, 0.2) is 60.7 Å². The van der Waals surface area contributed by atoms with Gasteiger partial charge in [-0.3, -0.25) is 14.5 Å². The summed E-state index contributed by atoms with van der Waals surface area (Å²) in [5.41, 5.74) is 1.02. The molecule has 38 heavy (non-hydrogen) atoms. The molecule has 0 radical (unpaired) electrons. The lowest BCUT2D eigenvalue weighted by atomic mass is 9.70. The number of carbonyl (C=O) groups excluding carboxylic acids is 2. The Hall–Kier alpha value is -3.13. The number of nitrogens with one attached hydrogen (secondary N) is 2. The van der Waals surface area contributed by atoms with Gasteiger partial charge in [0, 0.05) is 41.3 Å². The molecule has 6 nitrogen and oxygen atoms in total. The number of nitrogens with zero attached hydrogens (tertiary/aromatic N) is 1. The maximum atomic E-state index is 15.8. The van der Waals surface area contributed by atoms with Crippen molar-refractivity contribution >= 4 is 40.7 Å². The first-order valence-electron chi connectivity index (χ1n) is 12.7. The third-order valence-corrected chi connectivity index (χ3v) is 8.51. The van der Waals surface area contributed by atoms with Crippen LogP contribution in [0.2, 0.25) is 10.0 Å². The lowest BCUT2D eigenvalue weighted by molar-refractivity contribution is -0.128. The number of halogens is 3. The molecule has 2 saturated heterocycles. The summed E-state index contributed by atoms with van der Waals surface area (Å²) in [5, 5.41) is 6.37. The Kier molecular flexibility index (Phi) is 6.33. The molecule has 4 atom stereocenters. The molecule has 196 valence electrons. The second-order valence-corrected chi connectivity index (χ2v) is 10.8. The van der Waals surface area contributed by atoms with Crippen molar-refractivity contribution in [1.29, 1.82) is 0 Å². The first kappa shape index (κ1) is 25.2. The molecule has 3 aliphatic heterocycles. The monoisotopic (exact) mass is 553 g/mol. The van der Waals surface area contributed by atoms with Gasteiger partial charge >= 0.3 is 0 Å². The number of fused-ring (bicyclic) bond motifs is 3. The third-order valence-electron chi connectivity index (χ3n) is 7.98. The van der Waals surface area contributed by atoms with Crippen molar-refractivity contribution in [2.24, 2.45) is 5.92 Å². The van der Waals surface area contributed by atoms with E-state index in [1.165, 1.54) is 6.07 Å². The maximum Gasteiger partial charge on any atom is 0.250 e. The summed E-state index contributed by atoms with van der Waals surface area (Å²) in [6.45, 7) is 3.26. The molecular weight excluding hydrogens is 528 g/mol. The zero-order chi connectivity index (χ0) is 26.6. The highest BCUT2D eigenvalue weighted by Crippen LogP contribution is 2.61. The molecule has 0 bridgehead atoms. The van der Waals surface area contributed by atoms with E-state index in [0.717, 1.165) is 11.3 Å². The van der Waals surface area contributed by atoms with Crippen molar-refractivity contribution in [3.05, 3.63) is 93.2 Å². The van der Waals surface area contributed by atoms with Crippen LogP contribution < -0.4 is 15.4 Å². The minimum absolute atomic E-state index is 0.0528. The highest BCUT2D eigenvalue weighted by Gasteiger charge is 2.69. The quantitative estimate of drug-likeness (QED) is 0.438. The van der Waals surface area contributed by atoms with Crippen molar-refractivity contribution in [3.8, 4) is 5.75 Å².